The summed E-state index contributed by atoms with van der Waals surface area (Å²) in [6.45, 7) is 12.8. The fraction of sp³-hybridized carbons (Fsp3) is 0.682. The molecule has 0 aliphatic heterocycles. The maximum absolute atomic E-state index is 11.5. The van der Waals surface area contributed by atoms with E-state index in [0.29, 0.717) is 13.0 Å². The van der Waals surface area contributed by atoms with Gasteiger partial charge in [-0.15, -0.1) is 24.0 Å². The Morgan fingerprint density at radius 3 is 2.10 bits per heavy atom. The quantitative estimate of drug-likeness (QED) is 0.250. The first-order valence-corrected chi connectivity index (χ1v) is 12.4. The summed E-state index contributed by atoms with van der Waals surface area (Å²) in [6, 6.07) is 10.6. The lowest BCUT2D eigenvalue weighted by Gasteiger charge is -2.33. The third-order valence-corrected chi connectivity index (χ3v) is 6.44. The van der Waals surface area contributed by atoms with Crippen molar-refractivity contribution < 1.29 is 8.42 Å². The van der Waals surface area contributed by atoms with E-state index in [-0.39, 0.29) is 40.6 Å². The van der Waals surface area contributed by atoms with Gasteiger partial charge in [0, 0.05) is 31.3 Å². The number of sulfone groups is 1. The number of nitrogens with one attached hydrogen (secondary N) is 2. The van der Waals surface area contributed by atoms with Crippen LogP contribution in [0.4, 0.5) is 0 Å². The Balaban J connectivity index is 0.00000784. The summed E-state index contributed by atoms with van der Waals surface area (Å²) in [6.07, 6.45) is 3.97. The first-order chi connectivity index (χ1) is 13.1. The molecule has 2 N–H and O–H groups in total. The molecule has 0 aliphatic carbocycles. The van der Waals surface area contributed by atoms with Crippen molar-refractivity contribution in [3.63, 3.8) is 0 Å². The molecule has 0 aromatic heterocycles. The summed E-state index contributed by atoms with van der Waals surface area (Å²) < 4.78 is 22.9. The second-order valence-corrected chi connectivity index (χ2v) is 10.7. The molecular formula is C22H40IN3O2S. The molecule has 0 amide bonds. The number of guanidine groups is 1. The summed E-state index contributed by atoms with van der Waals surface area (Å²) in [5.74, 6) is 0.986. The van der Waals surface area contributed by atoms with Crippen LogP contribution in [0.1, 0.15) is 59.4 Å². The standard InChI is InChI=1S/C22H39N3O2S.HI/c1-7-22(8-2,19-13-11-10-12-14-19)18-25-20(23-9-3)24-17-21(4,5)15-16-28(6,26)27;/h10-14H,7-9,15-18H2,1-6H3,(H2,23,24,25);1H. The van der Waals surface area contributed by atoms with Gasteiger partial charge < -0.3 is 10.6 Å². The lowest BCUT2D eigenvalue weighted by molar-refractivity contribution is 0.363. The van der Waals surface area contributed by atoms with Crippen LogP contribution in [0, 0.1) is 5.41 Å². The van der Waals surface area contributed by atoms with Crippen molar-refractivity contribution in [2.24, 2.45) is 10.4 Å². The number of nitrogens with zero attached hydrogens (tertiary/aromatic N) is 1. The highest BCUT2D eigenvalue weighted by atomic mass is 127. The van der Waals surface area contributed by atoms with Crippen LogP contribution >= 0.6 is 24.0 Å². The molecule has 0 saturated heterocycles. The van der Waals surface area contributed by atoms with E-state index < -0.39 is 9.84 Å². The molecule has 5 nitrogen and oxygen atoms in total. The van der Waals surface area contributed by atoms with Gasteiger partial charge in [0.05, 0.1) is 5.75 Å². The highest BCUT2D eigenvalue weighted by molar-refractivity contribution is 14.0. The summed E-state index contributed by atoms with van der Waals surface area (Å²) in [4.78, 5) is 4.75. The van der Waals surface area contributed by atoms with Crippen LogP contribution in [0.2, 0.25) is 0 Å². The Morgan fingerprint density at radius 1 is 1.03 bits per heavy atom. The normalized spacial score (nSPS) is 13.0. The predicted molar refractivity (Wildman–Crippen MR) is 136 cm³/mol. The molecule has 0 fully saturated rings. The third kappa shape index (κ3) is 10.2. The van der Waals surface area contributed by atoms with Crippen molar-refractivity contribution in [1.29, 1.82) is 0 Å². The molecule has 0 radical (unpaired) electrons. The topological polar surface area (TPSA) is 70.6 Å². The zero-order valence-corrected chi connectivity index (χ0v) is 22.1. The molecule has 1 aromatic carbocycles. The van der Waals surface area contributed by atoms with Crippen molar-refractivity contribution in [3.8, 4) is 0 Å². The molecule has 0 spiro atoms. The van der Waals surface area contributed by atoms with Gasteiger partial charge in [-0.25, -0.2) is 8.42 Å². The van der Waals surface area contributed by atoms with Crippen LogP contribution < -0.4 is 10.6 Å². The van der Waals surface area contributed by atoms with Crippen LogP contribution in [0.3, 0.4) is 0 Å². The molecule has 1 aromatic rings. The second-order valence-electron chi connectivity index (χ2n) is 8.45. The minimum absolute atomic E-state index is 0. The Hall–Kier alpha value is -0.830. The van der Waals surface area contributed by atoms with Crippen molar-refractivity contribution in [2.75, 3.05) is 31.6 Å². The first kappa shape index (κ1) is 28.2. The molecule has 0 bridgehead atoms. The van der Waals surface area contributed by atoms with E-state index in [0.717, 1.165) is 31.9 Å². The van der Waals surface area contributed by atoms with Crippen LogP contribution in [0.5, 0.6) is 0 Å². The predicted octanol–water partition coefficient (Wildman–Crippen LogP) is 4.38. The van der Waals surface area contributed by atoms with E-state index >= 15 is 0 Å². The largest absolute Gasteiger partial charge is 0.357 e. The molecule has 7 heteroatoms. The molecule has 168 valence electrons. The van der Waals surface area contributed by atoms with Gasteiger partial charge in [-0.05, 0) is 37.2 Å². The van der Waals surface area contributed by atoms with E-state index in [2.05, 4.69) is 75.6 Å². The van der Waals surface area contributed by atoms with Gasteiger partial charge in [-0.2, -0.15) is 0 Å². The van der Waals surface area contributed by atoms with Crippen LogP contribution in [-0.4, -0.2) is 46.0 Å². The maximum Gasteiger partial charge on any atom is 0.191 e. The number of aliphatic imine (C=N–C) groups is 1. The van der Waals surface area contributed by atoms with Crippen molar-refractivity contribution in [3.05, 3.63) is 35.9 Å². The van der Waals surface area contributed by atoms with Gasteiger partial charge in [0.1, 0.15) is 9.84 Å². The first-order valence-electron chi connectivity index (χ1n) is 10.3. The molecular weight excluding hydrogens is 497 g/mol. The summed E-state index contributed by atoms with van der Waals surface area (Å²) in [5, 5.41) is 6.85. The van der Waals surface area contributed by atoms with Gasteiger partial charge in [-0.3, -0.25) is 4.99 Å². The van der Waals surface area contributed by atoms with Crippen LogP contribution in [0.15, 0.2) is 35.3 Å². The minimum Gasteiger partial charge on any atom is -0.357 e. The van der Waals surface area contributed by atoms with Gasteiger partial charge >= 0.3 is 0 Å². The average molecular weight is 538 g/mol. The number of hydrogen-bond donors (Lipinski definition) is 2. The highest BCUT2D eigenvalue weighted by Crippen LogP contribution is 2.30. The summed E-state index contributed by atoms with van der Waals surface area (Å²) >= 11 is 0. The number of hydrogen-bond acceptors (Lipinski definition) is 3. The van der Waals surface area contributed by atoms with Gasteiger partial charge in [-0.1, -0.05) is 58.0 Å². The molecule has 1 rings (SSSR count). The fourth-order valence-electron chi connectivity index (χ4n) is 3.23. The van der Waals surface area contributed by atoms with Crippen molar-refractivity contribution in [2.45, 2.75) is 59.3 Å². The number of benzene rings is 1. The molecule has 0 unspecified atom stereocenters. The van der Waals surface area contributed by atoms with Gasteiger partial charge in [0.25, 0.3) is 0 Å². The Bertz CT molecular complexity index is 715. The molecule has 0 heterocycles. The molecule has 0 atom stereocenters. The van der Waals surface area contributed by atoms with E-state index in [1.54, 1.807) is 0 Å². The fourth-order valence-corrected chi connectivity index (χ4v) is 4.15. The third-order valence-electron chi connectivity index (χ3n) is 5.49. The monoisotopic (exact) mass is 537 g/mol. The minimum atomic E-state index is -2.95. The van der Waals surface area contributed by atoms with Crippen molar-refractivity contribution in [1.82, 2.24) is 10.6 Å². The van der Waals surface area contributed by atoms with E-state index in [1.165, 1.54) is 11.8 Å². The second kappa shape index (κ2) is 12.8. The van der Waals surface area contributed by atoms with Crippen molar-refractivity contribution >= 4 is 39.8 Å². The molecule has 0 aliphatic rings. The summed E-state index contributed by atoms with van der Waals surface area (Å²) in [5.41, 5.74) is 1.23. The SMILES string of the molecule is CCNC(=NCC(C)(C)CCS(C)(=O)=O)NCC(CC)(CC)c1ccccc1.I. The van der Waals surface area contributed by atoms with E-state index in [4.69, 9.17) is 4.99 Å². The van der Waals surface area contributed by atoms with Gasteiger partial charge in [0.15, 0.2) is 5.96 Å². The maximum atomic E-state index is 11.5. The Morgan fingerprint density at radius 2 is 1.62 bits per heavy atom. The summed E-state index contributed by atoms with van der Waals surface area (Å²) in [7, 11) is -2.95. The Labute approximate surface area is 195 Å². The highest BCUT2D eigenvalue weighted by Gasteiger charge is 2.28. The lowest BCUT2D eigenvalue weighted by atomic mass is 9.76. The zero-order valence-electron chi connectivity index (χ0n) is 18.9. The average Bonchev–Trinajstić information content (AvgIpc) is 2.66. The van der Waals surface area contributed by atoms with Crippen LogP contribution in [0.25, 0.3) is 0 Å². The Kier molecular flexibility index (Phi) is 12.4. The lowest BCUT2D eigenvalue weighted by Crippen LogP contribution is -2.45. The smallest absolute Gasteiger partial charge is 0.191 e. The van der Waals surface area contributed by atoms with E-state index in [1.807, 2.05) is 0 Å². The number of halogens is 1. The number of rotatable bonds is 11. The molecule has 29 heavy (non-hydrogen) atoms. The van der Waals surface area contributed by atoms with Gasteiger partial charge in [0.2, 0.25) is 0 Å². The van der Waals surface area contributed by atoms with E-state index in [9.17, 15) is 8.42 Å². The van der Waals surface area contributed by atoms with Crippen LogP contribution in [-0.2, 0) is 15.3 Å². The molecule has 0 saturated carbocycles. The zero-order chi connectivity index (χ0) is 21.3.